The maximum Gasteiger partial charge on any atom is 0.246 e. The van der Waals surface area contributed by atoms with Crippen LogP contribution in [0.3, 0.4) is 0 Å². The molecule has 0 bridgehead atoms. The number of ether oxygens (including phenoxy) is 1. The summed E-state index contributed by atoms with van der Waals surface area (Å²) in [6.45, 7) is 3.40. The maximum atomic E-state index is 13.6. The van der Waals surface area contributed by atoms with Gasteiger partial charge < -0.3 is 10.1 Å². The molecule has 1 heterocycles. The lowest BCUT2D eigenvalue weighted by Gasteiger charge is -2.38. The fourth-order valence-corrected chi connectivity index (χ4v) is 5.65. The van der Waals surface area contributed by atoms with E-state index in [2.05, 4.69) is 5.32 Å². The Hall–Kier alpha value is -3.27. The van der Waals surface area contributed by atoms with Gasteiger partial charge in [-0.1, -0.05) is 48.5 Å². The molecule has 1 atom stereocenters. The van der Waals surface area contributed by atoms with Crippen LogP contribution < -0.4 is 10.1 Å². The number of rotatable bonds is 8. The molecule has 184 valence electrons. The van der Waals surface area contributed by atoms with Gasteiger partial charge in [0.05, 0.1) is 17.2 Å². The zero-order valence-corrected chi connectivity index (χ0v) is 20.2. The lowest BCUT2D eigenvalue weighted by atomic mass is 10.0. The van der Waals surface area contributed by atoms with Crippen molar-refractivity contribution < 1.29 is 22.3 Å². The minimum absolute atomic E-state index is 0.0733. The lowest BCUT2D eigenvalue weighted by molar-refractivity contribution is -0.122. The monoisotopic (exact) mass is 497 g/mol. The number of sulfonamides is 1. The van der Waals surface area contributed by atoms with Crippen molar-refractivity contribution in [1.82, 2.24) is 9.21 Å². The number of hydrogen-bond donors (Lipinski definition) is 1. The Bertz CT molecular complexity index is 1260. The number of benzene rings is 3. The number of anilines is 1. The number of amides is 1. The molecule has 9 heteroatoms. The molecule has 0 radical (unpaired) electrons. The van der Waals surface area contributed by atoms with Crippen molar-refractivity contribution in [3.8, 4) is 5.75 Å². The molecule has 0 aliphatic carbocycles. The second kappa shape index (κ2) is 11.0. The van der Waals surface area contributed by atoms with E-state index in [4.69, 9.17) is 4.74 Å². The first-order valence-corrected chi connectivity index (χ1v) is 12.9. The van der Waals surface area contributed by atoms with Gasteiger partial charge in [-0.05, 0) is 42.8 Å². The third-order valence-corrected chi connectivity index (χ3v) is 7.78. The third-order valence-electron chi connectivity index (χ3n) is 5.88. The van der Waals surface area contributed by atoms with Crippen molar-refractivity contribution >= 4 is 21.6 Å². The Morgan fingerprint density at radius 1 is 0.971 bits per heavy atom. The Kier molecular flexibility index (Phi) is 7.80. The molecule has 7 nitrogen and oxygen atoms in total. The van der Waals surface area contributed by atoms with E-state index in [9.17, 15) is 17.6 Å². The average molecular weight is 498 g/mol. The highest BCUT2D eigenvalue weighted by Gasteiger charge is 2.34. The van der Waals surface area contributed by atoms with Crippen LogP contribution in [0.2, 0.25) is 0 Å². The standard InChI is InChI=1S/C26H28FN3O4S/c1-2-34-24-14-7-6-13-23(24)28-26(31)25(20-9-4-3-5-10-20)29-15-17-30(18-16-29)35(32,33)22-12-8-11-21(27)19-22/h3-14,19,25H,2,15-18H2,1H3,(H,28,31). The quantitative estimate of drug-likeness (QED) is 0.511. The van der Waals surface area contributed by atoms with E-state index in [0.717, 1.165) is 11.6 Å². The van der Waals surface area contributed by atoms with E-state index in [1.165, 1.54) is 22.5 Å². The van der Waals surface area contributed by atoms with Gasteiger partial charge in [-0.15, -0.1) is 0 Å². The number of piperazine rings is 1. The van der Waals surface area contributed by atoms with Crippen LogP contribution in [0.5, 0.6) is 5.75 Å². The molecule has 4 rings (SSSR count). The fraction of sp³-hybridized carbons (Fsp3) is 0.269. The summed E-state index contributed by atoms with van der Waals surface area (Å²) in [6, 6.07) is 21.0. The van der Waals surface area contributed by atoms with Crippen molar-refractivity contribution in [2.45, 2.75) is 17.9 Å². The highest BCUT2D eigenvalue weighted by Crippen LogP contribution is 2.29. The van der Waals surface area contributed by atoms with Gasteiger partial charge in [-0.3, -0.25) is 9.69 Å². The summed E-state index contributed by atoms with van der Waals surface area (Å²) in [4.78, 5) is 15.4. The number of nitrogens with one attached hydrogen (secondary N) is 1. The second-order valence-electron chi connectivity index (χ2n) is 8.13. The molecule has 0 saturated carbocycles. The summed E-state index contributed by atoms with van der Waals surface area (Å²) < 4.78 is 46.6. The van der Waals surface area contributed by atoms with Gasteiger partial charge in [0.15, 0.2) is 0 Å². The fourth-order valence-electron chi connectivity index (χ4n) is 4.19. The van der Waals surface area contributed by atoms with E-state index in [0.29, 0.717) is 31.1 Å². The minimum Gasteiger partial charge on any atom is -0.492 e. The van der Waals surface area contributed by atoms with Crippen LogP contribution >= 0.6 is 0 Å². The molecule has 1 fully saturated rings. The van der Waals surface area contributed by atoms with E-state index >= 15 is 0 Å². The van der Waals surface area contributed by atoms with Gasteiger partial charge in [0.1, 0.15) is 17.6 Å². The van der Waals surface area contributed by atoms with E-state index in [1.807, 2.05) is 54.3 Å². The SMILES string of the molecule is CCOc1ccccc1NC(=O)C(c1ccccc1)N1CCN(S(=O)(=O)c2cccc(F)c2)CC1. The molecule has 1 unspecified atom stereocenters. The van der Waals surface area contributed by atoms with Crippen molar-refractivity contribution in [3.05, 3.63) is 90.2 Å². The Morgan fingerprint density at radius 3 is 2.34 bits per heavy atom. The molecular formula is C26H28FN3O4S. The molecule has 1 aliphatic heterocycles. The van der Waals surface area contributed by atoms with Crippen LogP contribution in [-0.4, -0.2) is 56.3 Å². The number of para-hydroxylation sites is 2. The molecule has 0 aromatic heterocycles. The Labute approximate surface area is 205 Å². The van der Waals surface area contributed by atoms with Gasteiger partial charge in [0.25, 0.3) is 0 Å². The largest absolute Gasteiger partial charge is 0.492 e. The summed E-state index contributed by atoms with van der Waals surface area (Å²) in [6.07, 6.45) is 0. The maximum absolute atomic E-state index is 13.6. The van der Waals surface area contributed by atoms with Gasteiger partial charge in [-0.25, -0.2) is 12.8 Å². The number of carbonyl (C=O) groups excluding carboxylic acids is 1. The summed E-state index contributed by atoms with van der Waals surface area (Å²) in [5.41, 5.74) is 1.38. The zero-order valence-electron chi connectivity index (χ0n) is 19.4. The van der Waals surface area contributed by atoms with Crippen LogP contribution in [0.4, 0.5) is 10.1 Å². The van der Waals surface area contributed by atoms with Crippen molar-refractivity contribution in [1.29, 1.82) is 0 Å². The van der Waals surface area contributed by atoms with Gasteiger partial charge in [0, 0.05) is 26.2 Å². The highest BCUT2D eigenvalue weighted by molar-refractivity contribution is 7.89. The average Bonchev–Trinajstić information content (AvgIpc) is 2.86. The molecule has 1 amide bonds. The van der Waals surface area contributed by atoms with Crippen LogP contribution in [0.25, 0.3) is 0 Å². The van der Waals surface area contributed by atoms with Crippen molar-refractivity contribution in [2.75, 3.05) is 38.1 Å². The molecule has 0 spiro atoms. The molecule has 3 aromatic rings. The van der Waals surface area contributed by atoms with E-state index < -0.39 is 21.9 Å². The highest BCUT2D eigenvalue weighted by atomic mass is 32.2. The number of halogens is 1. The van der Waals surface area contributed by atoms with Crippen molar-refractivity contribution in [3.63, 3.8) is 0 Å². The second-order valence-corrected chi connectivity index (χ2v) is 10.1. The Balaban J connectivity index is 1.54. The molecule has 1 saturated heterocycles. The minimum atomic E-state index is -3.83. The normalized spacial score (nSPS) is 15.9. The first kappa shape index (κ1) is 24.8. The molecule has 35 heavy (non-hydrogen) atoms. The molecule has 3 aromatic carbocycles. The van der Waals surface area contributed by atoms with Gasteiger partial charge >= 0.3 is 0 Å². The number of carbonyl (C=O) groups is 1. The topological polar surface area (TPSA) is 79.0 Å². The van der Waals surface area contributed by atoms with E-state index in [-0.39, 0.29) is 23.9 Å². The van der Waals surface area contributed by atoms with Gasteiger partial charge in [0.2, 0.25) is 15.9 Å². The molecule has 1 aliphatic rings. The van der Waals surface area contributed by atoms with Crippen LogP contribution in [0, 0.1) is 5.82 Å². The Morgan fingerprint density at radius 2 is 1.66 bits per heavy atom. The predicted octanol–water partition coefficient (Wildman–Crippen LogP) is 3.91. The zero-order chi connectivity index (χ0) is 24.8. The first-order valence-electron chi connectivity index (χ1n) is 11.5. The van der Waals surface area contributed by atoms with Gasteiger partial charge in [-0.2, -0.15) is 4.31 Å². The summed E-state index contributed by atoms with van der Waals surface area (Å²) in [5.74, 6) is -0.246. The number of hydrogen-bond acceptors (Lipinski definition) is 5. The predicted molar refractivity (Wildman–Crippen MR) is 132 cm³/mol. The summed E-state index contributed by atoms with van der Waals surface area (Å²) in [5, 5.41) is 2.99. The third kappa shape index (κ3) is 5.70. The van der Waals surface area contributed by atoms with Crippen molar-refractivity contribution in [2.24, 2.45) is 0 Å². The molecule has 1 N–H and O–H groups in total. The van der Waals surface area contributed by atoms with Crippen LogP contribution in [0.1, 0.15) is 18.5 Å². The van der Waals surface area contributed by atoms with Crippen LogP contribution in [-0.2, 0) is 14.8 Å². The summed E-state index contributed by atoms with van der Waals surface area (Å²) in [7, 11) is -3.83. The molecular weight excluding hydrogens is 469 g/mol. The number of nitrogens with zero attached hydrogens (tertiary/aromatic N) is 2. The first-order chi connectivity index (χ1) is 16.9. The van der Waals surface area contributed by atoms with Crippen LogP contribution in [0.15, 0.2) is 83.8 Å². The smallest absolute Gasteiger partial charge is 0.246 e. The van der Waals surface area contributed by atoms with E-state index in [1.54, 1.807) is 12.1 Å². The summed E-state index contributed by atoms with van der Waals surface area (Å²) >= 11 is 0. The lowest BCUT2D eigenvalue weighted by Crippen LogP contribution is -2.51.